The van der Waals surface area contributed by atoms with Crippen molar-refractivity contribution in [2.24, 2.45) is 0 Å². The number of hydrogen-bond donors (Lipinski definition) is 0. The number of benzene rings is 1. The lowest BCUT2D eigenvalue weighted by molar-refractivity contribution is 0.105. The number of hydrogen-bond acceptors (Lipinski definition) is 1. The van der Waals surface area contributed by atoms with Gasteiger partial charge in [0, 0.05) is 26.7 Å². The van der Waals surface area contributed by atoms with E-state index in [1.54, 1.807) is 18.2 Å². The van der Waals surface area contributed by atoms with Crippen molar-refractivity contribution in [3.63, 3.8) is 0 Å². The molecule has 0 amide bonds. The summed E-state index contributed by atoms with van der Waals surface area (Å²) in [5.74, 6) is 0.0133. The number of halogens is 2. The van der Waals surface area contributed by atoms with Crippen LogP contribution in [0.2, 0.25) is 5.02 Å². The Balaban J connectivity index is 2.68. The molecule has 0 saturated carbocycles. The van der Waals surface area contributed by atoms with Crippen LogP contribution in [0.25, 0.3) is 4.48 Å². The maximum Gasteiger partial charge on any atom is 0.187 e. The van der Waals surface area contributed by atoms with Crippen molar-refractivity contribution in [1.82, 2.24) is 0 Å². The molecule has 0 bridgehead atoms. The van der Waals surface area contributed by atoms with Crippen molar-refractivity contribution in [2.75, 3.05) is 0 Å². The molecule has 0 radical (unpaired) electrons. The van der Waals surface area contributed by atoms with Crippen LogP contribution in [0, 0.1) is 0 Å². The predicted molar refractivity (Wildman–Crippen MR) is 52.7 cm³/mol. The fourth-order valence-corrected chi connectivity index (χ4v) is 1.92. The van der Waals surface area contributed by atoms with Crippen LogP contribution < -0.4 is 0 Å². The fourth-order valence-electron chi connectivity index (χ4n) is 1.20. The summed E-state index contributed by atoms with van der Waals surface area (Å²) in [5.41, 5.74) is 1.60. The van der Waals surface area contributed by atoms with Gasteiger partial charge in [-0.3, -0.25) is 4.79 Å². The van der Waals surface area contributed by atoms with Crippen molar-refractivity contribution in [3.8, 4) is 0 Å². The summed E-state index contributed by atoms with van der Waals surface area (Å²) < 4.78 is 0.833. The lowest BCUT2D eigenvalue weighted by Crippen LogP contribution is -1.90. The predicted octanol–water partition coefficient (Wildman–Crippen LogP) is 3.27. The van der Waals surface area contributed by atoms with Gasteiger partial charge >= 0.3 is 0 Å². The quantitative estimate of drug-likeness (QED) is 0.683. The third-order valence-corrected chi connectivity index (χ3v) is 2.65. The number of fused-ring (bicyclic) bond motifs is 1. The van der Waals surface area contributed by atoms with Crippen LogP contribution in [0.1, 0.15) is 15.9 Å². The van der Waals surface area contributed by atoms with E-state index in [1.807, 2.05) is 6.07 Å². The second-order valence-corrected chi connectivity index (χ2v) is 3.84. The summed E-state index contributed by atoms with van der Waals surface area (Å²) in [7, 11) is 0. The molecular formula is C9H4BrClO. The van der Waals surface area contributed by atoms with Gasteiger partial charge in [0.05, 0.1) is 0 Å². The van der Waals surface area contributed by atoms with Gasteiger partial charge in [-0.2, -0.15) is 0 Å². The van der Waals surface area contributed by atoms with E-state index in [4.69, 9.17) is 11.6 Å². The normalized spacial score (nSPS) is 14.5. The SMILES string of the molecule is O=C1C=C(Br)c2ccc(Cl)cc21. The van der Waals surface area contributed by atoms with Gasteiger partial charge in [-0.1, -0.05) is 33.6 Å². The summed E-state index contributed by atoms with van der Waals surface area (Å²) in [5, 5.41) is 0.595. The summed E-state index contributed by atoms with van der Waals surface area (Å²) >= 11 is 9.04. The number of rotatable bonds is 0. The smallest absolute Gasteiger partial charge is 0.187 e. The van der Waals surface area contributed by atoms with E-state index in [0.717, 1.165) is 10.0 Å². The molecular weight excluding hydrogens is 239 g/mol. The van der Waals surface area contributed by atoms with Crippen molar-refractivity contribution >= 4 is 37.8 Å². The van der Waals surface area contributed by atoms with Gasteiger partial charge in [-0.15, -0.1) is 0 Å². The molecule has 60 valence electrons. The lowest BCUT2D eigenvalue weighted by atomic mass is 10.1. The Kier molecular flexibility index (Phi) is 1.81. The molecule has 0 unspecified atom stereocenters. The Labute approximate surface area is 83.2 Å². The van der Waals surface area contributed by atoms with E-state index in [0.29, 0.717) is 10.6 Å². The number of allylic oxidation sites excluding steroid dienone is 1. The van der Waals surface area contributed by atoms with Crippen molar-refractivity contribution in [3.05, 3.63) is 40.4 Å². The van der Waals surface area contributed by atoms with Crippen molar-refractivity contribution in [1.29, 1.82) is 0 Å². The molecule has 0 saturated heterocycles. The topological polar surface area (TPSA) is 17.1 Å². The highest BCUT2D eigenvalue weighted by atomic mass is 79.9. The molecule has 1 aliphatic carbocycles. The first-order valence-corrected chi connectivity index (χ1v) is 4.57. The number of carbonyl (C=O) groups excluding carboxylic acids is 1. The van der Waals surface area contributed by atoms with Crippen LogP contribution in [0.3, 0.4) is 0 Å². The molecule has 0 aliphatic heterocycles. The standard InChI is InChI=1S/C9H4BrClO/c10-8-4-9(12)7-3-5(11)1-2-6(7)8/h1-4H. The highest BCUT2D eigenvalue weighted by Gasteiger charge is 2.18. The molecule has 1 aromatic carbocycles. The maximum atomic E-state index is 11.3. The summed E-state index contributed by atoms with van der Waals surface area (Å²) in [6, 6.07) is 5.29. The molecule has 1 aliphatic rings. The first-order valence-electron chi connectivity index (χ1n) is 3.40. The minimum absolute atomic E-state index is 0.0133. The van der Waals surface area contributed by atoms with Crippen molar-refractivity contribution < 1.29 is 4.79 Å². The zero-order valence-corrected chi connectivity index (χ0v) is 8.32. The summed E-state index contributed by atoms with van der Waals surface area (Å²) in [6.07, 6.45) is 1.56. The molecule has 0 atom stereocenters. The van der Waals surface area contributed by atoms with E-state index in [9.17, 15) is 4.79 Å². The van der Waals surface area contributed by atoms with Gasteiger partial charge in [0.25, 0.3) is 0 Å². The van der Waals surface area contributed by atoms with E-state index in [2.05, 4.69) is 15.9 Å². The van der Waals surface area contributed by atoms with Crippen LogP contribution in [0.5, 0.6) is 0 Å². The largest absolute Gasteiger partial charge is 0.289 e. The highest BCUT2D eigenvalue weighted by molar-refractivity contribution is 9.15. The zero-order valence-electron chi connectivity index (χ0n) is 5.97. The molecule has 1 nitrogen and oxygen atoms in total. The summed E-state index contributed by atoms with van der Waals surface area (Å²) in [6.45, 7) is 0. The minimum atomic E-state index is 0.0133. The van der Waals surface area contributed by atoms with Gasteiger partial charge in [-0.25, -0.2) is 0 Å². The second-order valence-electron chi connectivity index (χ2n) is 2.55. The molecule has 1 aromatic rings. The van der Waals surface area contributed by atoms with E-state index < -0.39 is 0 Å². The van der Waals surface area contributed by atoms with Crippen LogP contribution in [-0.4, -0.2) is 5.78 Å². The van der Waals surface area contributed by atoms with E-state index in [-0.39, 0.29) is 5.78 Å². The van der Waals surface area contributed by atoms with Gasteiger partial charge < -0.3 is 0 Å². The van der Waals surface area contributed by atoms with Crippen molar-refractivity contribution in [2.45, 2.75) is 0 Å². The first kappa shape index (κ1) is 8.02. The number of carbonyl (C=O) groups is 1. The molecule has 0 heterocycles. The molecule has 3 heteroatoms. The van der Waals surface area contributed by atoms with Gasteiger partial charge in [0.2, 0.25) is 0 Å². The third kappa shape index (κ3) is 1.11. The number of ketones is 1. The first-order chi connectivity index (χ1) is 5.68. The van der Waals surface area contributed by atoms with Gasteiger partial charge in [-0.05, 0) is 12.1 Å². The Bertz CT molecular complexity index is 396. The zero-order chi connectivity index (χ0) is 8.72. The fraction of sp³-hybridized carbons (Fsp3) is 0. The second kappa shape index (κ2) is 2.71. The molecule has 0 spiro atoms. The van der Waals surface area contributed by atoms with E-state index in [1.165, 1.54) is 0 Å². The Morgan fingerprint density at radius 3 is 2.75 bits per heavy atom. The van der Waals surface area contributed by atoms with Crippen LogP contribution in [0.15, 0.2) is 24.3 Å². The third-order valence-electron chi connectivity index (χ3n) is 1.76. The molecule has 12 heavy (non-hydrogen) atoms. The van der Waals surface area contributed by atoms with Crippen LogP contribution in [-0.2, 0) is 0 Å². The lowest BCUT2D eigenvalue weighted by Gasteiger charge is -1.98. The highest BCUT2D eigenvalue weighted by Crippen LogP contribution is 2.32. The maximum absolute atomic E-state index is 11.3. The van der Waals surface area contributed by atoms with Gasteiger partial charge in [0.1, 0.15) is 0 Å². The van der Waals surface area contributed by atoms with Gasteiger partial charge in [0.15, 0.2) is 5.78 Å². The van der Waals surface area contributed by atoms with Crippen LogP contribution >= 0.6 is 27.5 Å². The minimum Gasteiger partial charge on any atom is -0.289 e. The van der Waals surface area contributed by atoms with Crippen LogP contribution in [0.4, 0.5) is 0 Å². The molecule has 0 N–H and O–H groups in total. The molecule has 0 aromatic heterocycles. The Morgan fingerprint density at radius 2 is 2.00 bits per heavy atom. The monoisotopic (exact) mass is 242 g/mol. The molecule has 2 rings (SSSR count). The summed E-state index contributed by atoms with van der Waals surface area (Å²) in [4.78, 5) is 11.3. The Morgan fingerprint density at radius 1 is 1.25 bits per heavy atom. The van der Waals surface area contributed by atoms with E-state index >= 15 is 0 Å². The Hall–Kier alpha value is -0.600. The molecule has 0 fully saturated rings. The average molecular weight is 243 g/mol. The average Bonchev–Trinajstić information content (AvgIpc) is 2.28.